The second-order valence-corrected chi connectivity index (χ2v) is 3.59. The van der Waals surface area contributed by atoms with Crippen LogP contribution in [-0.4, -0.2) is 23.0 Å². The van der Waals surface area contributed by atoms with E-state index in [4.69, 9.17) is 11.5 Å². The van der Waals surface area contributed by atoms with Crippen LogP contribution in [0.1, 0.15) is 22.8 Å². The lowest BCUT2D eigenvalue weighted by molar-refractivity contribution is -0.120. The Bertz CT molecular complexity index is 474. The fourth-order valence-electron chi connectivity index (χ4n) is 1.39. The van der Waals surface area contributed by atoms with Gasteiger partial charge in [0, 0.05) is 0 Å². The Balaban J connectivity index is 2.79. The van der Waals surface area contributed by atoms with Crippen molar-refractivity contribution in [1.29, 1.82) is 0 Å². The highest BCUT2D eigenvalue weighted by molar-refractivity contribution is 5.91. The fraction of sp³-hybridized carbons (Fsp3) is 0.231. The number of hydrogen-bond donors (Lipinski definition) is 2. The minimum absolute atomic E-state index is 0.00843. The van der Waals surface area contributed by atoms with Crippen LogP contribution in [0.2, 0.25) is 0 Å². The molecular formula is C13H13NO3. The summed E-state index contributed by atoms with van der Waals surface area (Å²) in [5, 5.41) is 11.5. The number of hydrogen-bond acceptors (Lipinski definition) is 2. The molecule has 1 aromatic carbocycles. The molecule has 1 atom stereocenters. The lowest BCUT2D eigenvalue weighted by atomic mass is 10.0. The van der Waals surface area contributed by atoms with Crippen molar-refractivity contribution in [3.05, 3.63) is 35.4 Å². The molecule has 0 aliphatic rings. The first-order chi connectivity index (χ1) is 8.04. The molecule has 0 aliphatic heterocycles. The highest BCUT2D eigenvalue weighted by Gasteiger charge is 2.12. The summed E-state index contributed by atoms with van der Waals surface area (Å²) in [6.45, 7) is 1.68. The van der Waals surface area contributed by atoms with E-state index in [-0.39, 0.29) is 23.9 Å². The van der Waals surface area contributed by atoms with Crippen LogP contribution in [0.15, 0.2) is 24.3 Å². The number of carboxylic acids is 1. The van der Waals surface area contributed by atoms with Crippen molar-refractivity contribution in [2.24, 2.45) is 0 Å². The largest absolute Gasteiger partial charge is 0.478 e. The number of carbonyl (C=O) groups is 2. The van der Waals surface area contributed by atoms with E-state index in [1.807, 2.05) is 0 Å². The Kier molecular flexibility index (Phi) is 4.29. The highest BCUT2D eigenvalue weighted by Crippen LogP contribution is 2.09. The number of amides is 1. The van der Waals surface area contributed by atoms with E-state index in [0.29, 0.717) is 5.56 Å². The Labute approximate surface area is 99.7 Å². The third-order valence-electron chi connectivity index (χ3n) is 2.23. The van der Waals surface area contributed by atoms with E-state index in [2.05, 4.69) is 11.2 Å². The second-order valence-electron chi connectivity index (χ2n) is 3.59. The van der Waals surface area contributed by atoms with E-state index < -0.39 is 5.97 Å². The molecule has 0 saturated heterocycles. The topological polar surface area (TPSA) is 66.4 Å². The van der Waals surface area contributed by atoms with Gasteiger partial charge < -0.3 is 10.4 Å². The third-order valence-corrected chi connectivity index (χ3v) is 2.23. The minimum atomic E-state index is -1.04. The number of nitrogens with one attached hydrogen (secondary N) is 1. The molecule has 0 saturated carbocycles. The predicted molar refractivity (Wildman–Crippen MR) is 63.5 cm³/mol. The molecule has 1 rings (SSSR count). The molecule has 0 heterocycles. The molecule has 17 heavy (non-hydrogen) atoms. The summed E-state index contributed by atoms with van der Waals surface area (Å²) in [5.41, 5.74) is 0.609. The predicted octanol–water partition coefficient (Wildman–Crippen LogP) is 1.07. The van der Waals surface area contributed by atoms with Gasteiger partial charge in [0.05, 0.1) is 18.0 Å². The van der Waals surface area contributed by atoms with Gasteiger partial charge in [0.25, 0.3) is 0 Å². The van der Waals surface area contributed by atoms with Gasteiger partial charge in [0.2, 0.25) is 5.91 Å². The average molecular weight is 231 g/mol. The summed E-state index contributed by atoms with van der Waals surface area (Å²) in [6, 6.07) is 6.03. The summed E-state index contributed by atoms with van der Waals surface area (Å²) in [4.78, 5) is 22.5. The Morgan fingerprint density at radius 3 is 2.71 bits per heavy atom. The van der Waals surface area contributed by atoms with Gasteiger partial charge in [0.1, 0.15) is 0 Å². The molecule has 1 amide bonds. The number of carboxylic acid groups (broad SMARTS) is 1. The molecule has 1 unspecified atom stereocenters. The lowest BCUT2D eigenvalue weighted by Crippen LogP contribution is -2.32. The van der Waals surface area contributed by atoms with Gasteiger partial charge in [-0.2, -0.15) is 0 Å². The van der Waals surface area contributed by atoms with Gasteiger partial charge in [-0.1, -0.05) is 24.1 Å². The van der Waals surface area contributed by atoms with Crippen LogP contribution in [0.25, 0.3) is 0 Å². The Morgan fingerprint density at radius 2 is 2.12 bits per heavy atom. The van der Waals surface area contributed by atoms with E-state index in [1.54, 1.807) is 25.1 Å². The molecule has 0 spiro atoms. The third kappa shape index (κ3) is 3.65. The van der Waals surface area contributed by atoms with Crippen molar-refractivity contribution < 1.29 is 14.7 Å². The highest BCUT2D eigenvalue weighted by atomic mass is 16.4. The Hall–Kier alpha value is -2.28. The molecule has 0 aliphatic carbocycles. The van der Waals surface area contributed by atoms with Crippen LogP contribution in [0.3, 0.4) is 0 Å². The van der Waals surface area contributed by atoms with Gasteiger partial charge in [-0.15, -0.1) is 6.42 Å². The van der Waals surface area contributed by atoms with Crippen LogP contribution in [-0.2, 0) is 11.2 Å². The summed E-state index contributed by atoms with van der Waals surface area (Å²) in [6.07, 6.45) is 5.14. The maximum atomic E-state index is 11.6. The first-order valence-corrected chi connectivity index (χ1v) is 5.11. The van der Waals surface area contributed by atoms with E-state index in [0.717, 1.165) is 0 Å². The van der Waals surface area contributed by atoms with Crippen LogP contribution >= 0.6 is 0 Å². The quantitative estimate of drug-likeness (QED) is 0.761. The van der Waals surface area contributed by atoms with Gasteiger partial charge in [-0.3, -0.25) is 4.79 Å². The molecule has 88 valence electrons. The van der Waals surface area contributed by atoms with E-state index in [1.165, 1.54) is 6.07 Å². The van der Waals surface area contributed by atoms with Crippen molar-refractivity contribution >= 4 is 11.9 Å². The molecule has 2 N–H and O–H groups in total. The molecule has 4 nitrogen and oxygen atoms in total. The van der Waals surface area contributed by atoms with Crippen molar-refractivity contribution in [3.63, 3.8) is 0 Å². The lowest BCUT2D eigenvalue weighted by Gasteiger charge is -2.09. The first-order valence-electron chi connectivity index (χ1n) is 5.11. The van der Waals surface area contributed by atoms with Gasteiger partial charge >= 0.3 is 5.97 Å². The summed E-state index contributed by atoms with van der Waals surface area (Å²) in [5.74, 6) is 1.04. The fourth-order valence-corrected chi connectivity index (χ4v) is 1.39. The van der Waals surface area contributed by atoms with Gasteiger partial charge in [0.15, 0.2) is 0 Å². The standard InChI is InChI=1S/C13H13NO3/c1-3-9(2)14-12(15)8-10-6-4-5-7-11(10)13(16)17/h1,4-7,9H,8H2,2H3,(H,14,15)(H,16,17). The zero-order valence-electron chi connectivity index (χ0n) is 9.43. The molecule has 0 aromatic heterocycles. The van der Waals surface area contributed by atoms with Gasteiger partial charge in [-0.05, 0) is 18.6 Å². The number of benzene rings is 1. The molecule has 0 radical (unpaired) electrons. The monoisotopic (exact) mass is 231 g/mol. The summed E-state index contributed by atoms with van der Waals surface area (Å²) < 4.78 is 0. The number of carbonyl (C=O) groups excluding carboxylic acids is 1. The van der Waals surface area contributed by atoms with Gasteiger partial charge in [-0.25, -0.2) is 4.79 Å². The second kappa shape index (κ2) is 5.71. The zero-order valence-corrected chi connectivity index (χ0v) is 9.43. The zero-order chi connectivity index (χ0) is 12.8. The Morgan fingerprint density at radius 1 is 1.47 bits per heavy atom. The van der Waals surface area contributed by atoms with Crippen molar-refractivity contribution in [2.75, 3.05) is 0 Å². The number of terminal acetylenes is 1. The minimum Gasteiger partial charge on any atom is -0.478 e. The van der Waals surface area contributed by atoms with Crippen molar-refractivity contribution in [3.8, 4) is 12.3 Å². The van der Waals surface area contributed by atoms with E-state index >= 15 is 0 Å². The smallest absolute Gasteiger partial charge is 0.335 e. The number of rotatable bonds is 4. The van der Waals surface area contributed by atoms with Crippen molar-refractivity contribution in [2.45, 2.75) is 19.4 Å². The van der Waals surface area contributed by atoms with Crippen LogP contribution in [0.4, 0.5) is 0 Å². The van der Waals surface area contributed by atoms with E-state index in [9.17, 15) is 9.59 Å². The maximum Gasteiger partial charge on any atom is 0.335 e. The SMILES string of the molecule is C#CC(C)NC(=O)Cc1ccccc1C(=O)O. The summed E-state index contributed by atoms with van der Waals surface area (Å²) in [7, 11) is 0. The molecule has 0 fully saturated rings. The summed E-state index contributed by atoms with van der Waals surface area (Å²) >= 11 is 0. The molecular weight excluding hydrogens is 218 g/mol. The first kappa shape index (κ1) is 12.8. The molecule has 1 aromatic rings. The van der Waals surface area contributed by atoms with Crippen LogP contribution in [0, 0.1) is 12.3 Å². The maximum absolute atomic E-state index is 11.6. The van der Waals surface area contributed by atoms with Crippen LogP contribution in [0.5, 0.6) is 0 Å². The number of aromatic carboxylic acids is 1. The van der Waals surface area contributed by atoms with Crippen molar-refractivity contribution in [1.82, 2.24) is 5.32 Å². The van der Waals surface area contributed by atoms with Crippen LogP contribution < -0.4 is 5.32 Å². The molecule has 4 heteroatoms. The normalized spacial score (nSPS) is 11.3. The average Bonchev–Trinajstić information content (AvgIpc) is 2.29. The molecule has 0 bridgehead atoms.